The molecule has 0 saturated carbocycles. The van der Waals surface area contributed by atoms with E-state index < -0.39 is 24.8 Å². The van der Waals surface area contributed by atoms with Crippen LogP contribution in [0.25, 0.3) is 0 Å². The summed E-state index contributed by atoms with van der Waals surface area (Å²) in [5, 5.41) is 49.3. The molecule has 12 atom stereocenters. The second-order valence-electron chi connectivity index (χ2n) is 27.0. The summed E-state index contributed by atoms with van der Waals surface area (Å²) >= 11 is 7.08. The Labute approximate surface area is 519 Å². The summed E-state index contributed by atoms with van der Waals surface area (Å²) in [5.74, 6) is 7.90. The molecule has 6 N–H and O–H groups in total. The van der Waals surface area contributed by atoms with E-state index in [1.165, 1.54) is 0 Å². The predicted molar refractivity (Wildman–Crippen MR) is 324 cm³/mol. The molecule has 6 aromatic carbocycles. The molecule has 0 fully saturated rings. The highest BCUT2D eigenvalue weighted by molar-refractivity contribution is 8.11. The van der Waals surface area contributed by atoms with Crippen molar-refractivity contribution in [2.24, 2.45) is 0 Å². The van der Waals surface area contributed by atoms with Gasteiger partial charge in [-0.1, -0.05) is 18.2 Å². The number of hydrogen-bond donors (Lipinski definition) is 6. The number of likely N-dealkylation sites (N-methyl/N-ethyl adjacent to an activating group) is 3. The van der Waals surface area contributed by atoms with E-state index in [9.17, 15) is 15.3 Å². The zero-order chi connectivity index (χ0) is 59.9. The summed E-state index contributed by atoms with van der Waals surface area (Å²) < 4.78 is 74.2. The Hall–Kier alpha value is -6.79. The van der Waals surface area contributed by atoms with Crippen molar-refractivity contribution in [2.75, 3.05) is 101 Å². The number of quaternary nitrogens is 3. The van der Waals surface area contributed by atoms with E-state index in [2.05, 4.69) is 91.0 Å². The Balaban J connectivity index is 0.697. The van der Waals surface area contributed by atoms with Crippen LogP contribution in [0.15, 0.2) is 72.8 Å². The Morgan fingerprint density at radius 3 is 0.955 bits per heavy atom. The van der Waals surface area contributed by atoms with E-state index in [0.29, 0.717) is 126 Å². The number of nitrogens with one attached hydrogen (secondary N) is 3. The van der Waals surface area contributed by atoms with E-state index in [4.69, 9.17) is 68.6 Å². The molecule has 464 valence electrons. The lowest BCUT2D eigenvalue weighted by atomic mass is 9.69. The zero-order valence-corrected chi connectivity index (χ0v) is 51.5. The van der Waals surface area contributed by atoms with Crippen LogP contribution >= 0.6 is 6.49 Å². The highest BCUT2D eigenvalue weighted by Gasteiger charge is 2.57. The van der Waals surface area contributed by atoms with Crippen LogP contribution in [-0.2, 0) is 50.7 Å². The molecule has 23 heteroatoms. The van der Waals surface area contributed by atoms with Gasteiger partial charge in [0.1, 0.15) is 44.2 Å². The molecular weight excluding hydrogens is 1180 g/mol. The van der Waals surface area contributed by atoms with Crippen molar-refractivity contribution in [3.63, 3.8) is 0 Å². The van der Waals surface area contributed by atoms with Gasteiger partial charge < -0.3 is 85.6 Å². The number of ether oxygens (including phenoxy) is 12. The molecule has 89 heavy (non-hydrogen) atoms. The quantitative estimate of drug-likeness (QED) is 0.0567. The van der Waals surface area contributed by atoms with Crippen molar-refractivity contribution in [2.45, 2.75) is 93.1 Å². The second-order valence-corrected chi connectivity index (χ2v) is 30.8. The molecule has 3 aliphatic carbocycles. The first kappa shape index (κ1) is 55.1. The largest absolute Gasteiger partial charge is 0.454 e. The average molecular weight is 1250 g/mol. The normalized spacial score (nSPS) is 30.7. The zero-order valence-electron chi connectivity index (χ0n) is 49.8. The molecule has 9 aliphatic heterocycles. The minimum absolute atomic E-state index is 0.142. The van der Waals surface area contributed by atoms with Gasteiger partial charge in [-0.25, -0.2) is 0 Å². The highest BCUT2D eigenvalue weighted by atomic mass is 32.4. The SMILES string of the molecule is C[N@+]1(CCNP(=S)(NCC[N@@+]2(C)Cc3c(ccc4c3OCO4)[C@@H]3[C@H]2c2cc4c(cc2C[C@@H]3O)OCO4)NCC[N@@+]2(C)Cc3c(ccc4c3OCO4)[C@@H]3[C@H]2c2cc4c(cc2C[C@@H]3O)OCO4)Cc2c(ccc3c2OCO3)[C@@H]2[C@H]1c1cc3c(cc1C[C@@H]2O)OCO3. The molecule has 0 saturated heterocycles. The number of nitrogens with zero attached hydrogens (tertiary/aromatic N) is 3. The first-order valence-electron chi connectivity index (χ1n) is 31.1. The molecule has 0 radical (unpaired) electrons. The van der Waals surface area contributed by atoms with Crippen molar-refractivity contribution in [3.8, 4) is 69.0 Å². The summed E-state index contributed by atoms with van der Waals surface area (Å²) in [7, 11) is 6.88. The molecule has 0 amide bonds. The minimum Gasteiger partial charge on any atom is -0.454 e. The summed E-state index contributed by atoms with van der Waals surface area (Å²) in [6.45, 7) is 3.20. The maximum Gasteiger partial charge on any atom is 0.231 e. The summed E-state index contributed by atoms with van der Waals surface area (Å²) in [6.07, 6.45) is -0.622. The van der Waals surface area contributed by atoms with Gasteiger partial charge in [0, 0.05) is 16.7 Å². The summed E-state index contributed by atoms with van der Waals surface area (Å²) in [4.78, 5) is 0. The van der Waals surface area contributed by atoms with Crippen LogP contribution in [0.5, 0.6) is 69.0 Å². The second kappa shape index (κ2) is 20.1. The monoisotopic (exact) mass is 1250 g/mol. The van der Waals surface area contributed by atoms with Crippen molar-refractivity contribution >= 4 is 18.3 Å². The Morgan fingerprint density at radius 2 is 0.652 bits per heavy atom. The predicted octanol–water partition coefficient (Wildman–Crippen LogP) is 6.56. The number of fused-ring (bicyclic) bond motifs is 24. The average Bonchev–Trinajstić information content (AvgIpc) is 1.45. The van der Waals surface area contributed by atoms with Crippen LogP contribution in [0.3, 0.4) is 0 Å². The molecule has 18 rings (SSSR count). The van der Waals surface area contributed by atoms with Gasteiger partial charge in [-0.15, -0.1) is 0 Å². The van der Waals surface area contributed by atoms with E-state index in [0.717, 1.165) is 101 Å². The fourth-order valence-corrected chi connectivity index (χ4v) is 20.5. The molecule has 0 bridgehead atoms. The van der Waals surface area contributed by atoms with E-state index in [1.807, 2.05) is 18.2 Å². The molecular formula is C66H72N6O15PS+3. The third kappa shape index (κ3) is 8.47. The molecule has 0 spiro atoms. The number of hydrogen-bond acceptors (Lipinski definition) is 16. The fourth-order valence-electron chi connectivity index (χ4n) is 18.1. The standard InChI is InChI=1S/C66H72N6O15PS/c1-70(25-43-37(4-7-49-64(43)85-31-76-49)58-46(73)16-34-19-52-55(82-28-79-52)22-40(34)61(58)70)13-10-67-88(89,68-11-14-71(2)26-44-38(5-8-50-65(44)86-32-77-50)59-47(74)17-35-20-53-56(83-29-80-53)23-41(35)62(59)71)69-12-15-72(3)27-45-39(6-9-51-66(45)87-33-78-51)60-48(75)18-36-21-54-57(84-30-81-54)24-42(36)63(60)72/h4-9,19-24,46-48,58-63,73-75H,10-18,25-33H2,1-3H3,(H3,67,68,69,89)/q+3/t46-,47-,48-,58-,59-,60-,61+,62+,63+,70-,71-,72-/m0/s1. The summed E-state index contributed by atoms with van der Waals surface area (Å²) in [6, 6.07) is 24.5. The molecule has 9 heterocycles. The van der Waals surface area contributed by atoms with Crippen LogP contribution in [0, 0.1) is 0 Å². The van der Waals surface area contributed by atoms with Gasteiger partial charge in [0.05, 0.1) is 113 Å². The van der Waals surface area contributed by atoms with Crippen LogP contribution in [0.2, 0.25) is 0 Å². The Kier molecular flexibility index (Phi) is 12.4. The number of aliphatic hydroxyl groups excluding tert-OH is 3. The summed E-state index contributed by atoms with van der Waals surface area (Å²) in [5.41, 5.74) is 13.0. The number of rotatable bonds is 12. The van der Waals surface area contributed by atoms with Gasteiger partial charge in [-0.2, -0.15) is 0 Å². The minimum atomic E-state index is -2.96. The maximum atomic E-state index is 12.4. The van der Waals surface area contributed by atoms with Gasteiger partial charge in [0.15, 0.2) is 69.0 Å². The van der Waals surface area contributed by atoms with Gasteiger partial charge in [0.25, 0.3) is 0 Å². The van der Waals surface area contributed by atoms with Gasteiger partial charge in [-0.3, -0.25) is 15.3 Å². The van der Waals surface area contributed by atoms with E-state index in [1.54, 1.807) is 0 Å². The third-order valence-electron chi connectivity index (χ3n) is 22.0. The van der Waals surface area contributed by atoms with Crippen LogP contribution in [0.1, 0.15) is 103 Å². The van der Waals surface area contributed by atoms with Crippen molar-refractivity contribution < 1.29 is 85.6 Å². The van der Waals surface area contributed by atoms with E-state index in [-0.39, 0.29) is 76.6 Å². The molecule has 6 aromatic rings. The number of benzene rings is 6. The molecule has 0 unspecified atom stereocenters. The fraction of sp³-hybridized carbons (Fsp3) is 0.455. The van der Waals surface area contributed by atoms with Crippen LogP contribution in [-0.4, -0.2) is 148 Å². The van der Waals surface area contributed by atoms with Crippen molar-refractivity contribution in [3.05, 3.63) is 140 Å². The topological polar surface area (TPSA) is 208 Å². The molecule has 12 aliphatic rings. The maximum absolute atomic E-state index is 12.4. The molecule has 0 aromatic heterocycles. The smallest absolute Gasteiger partial charge is 0.231 e. The lowest BCUT2D eigenvalue weighted by Gasteiger charge is -2.53. The van der Waals surface area contributed by atoms with Crippen LogP contribution in [0.4, 0.5) is 0 Å². The van der Waals surface area contributed by atoms with E-state index >= 15 is 0 Å². The highest BCUT2D eigenvalue weighted by Crippen LogP contribution is 2.61. The van der Waals surface area contributed by atoms with Crippen LogP contribution < -0.4 is 72.1 Å². The Bertz CT molecular complexity index is 3650. The first-order chi connectivity index (χ1) is 43.2. The van der Waals surface area contributed by atoms with Crippen molar-refractivity contribution in [1.82, 2.24) is 15.3 Å². The third-order valence-corrected chi connectivity index (χ3v) is 25.1. The molecule has 21 nitrogen and oxygen atoms in total. The van der Waals surface area contributed by atoms with Crippen molar-refractivity contribution in [1.29, 1.82) is 0 Å². The first-order valence-corrected chi connectivity index (χ1v) is 33.9. The Morgan fingerprint density at radius 1 is 0.382 bits per heavy atom. The lowest BCUT2D eigenvalue weighted by molar-refractivity contribution is -0.956. The van der Waals surface area contributed by atoms with Gasteiger partial charge >= 0.3 is 0 Å². The van der Waals surface area contributed by atoms with Gasteiger partial charge in [-0.05, 0) is 119 Å². The lowest BCUT2D eigenvalue weighted by Crippen LogP contribution is -2.58. The van der Waals surface area contributed by atoms with Gasteiger partial charge in [0.2, 0.25) is 40.8 Å². The number of aliphatic hydroxyl groups is 3.